The molecule has 0 aliphatic carbocycles. The summed E-state index contributed by atoms with van der Waals surface area (Å²) in [5.41, 5.74) is 2.78. The molecule has 2 aromatic heterocycles. The lowest BCUT2D eigenvalue weighted by Crippen LogP contribution is -2.11. The van der Waals surface area contributed by atoms with Gasteiger partial charge in [0.05, 0.1) is 22.4 Å². The average Bonchev–Trinajstić information content (AvgIpc) is 3.13. The fraction of sp³-hybridized carbons (Fsp3) is 0.222. The van der Waals surface area contributed by atoms with Crippen LogP contribution in [0, 0.1) is 26.6 Å². The van der Waals surface area contributed by atoms with E-state index in [-0.39, 0.29) is 11.6 Å². The molecule has 0 bridgehead atoms. The number of carbonyl (C=O) groups excluding carboxylic acids is 1. The summed E-state index contributed by atoms with van der Waals surface area (Å²) in [5.74, 6) is -0.0213. The van der Waals surface area contributed by atoms with Gasteiger partial charge in [0.2, 0.25) is 0 Å². The summed E-state index contributed by atoms with van der Waals surface area (Å²) in [6, 6.07) is 7.86. The van der Waals surface area contributed by atoms with Crippen LogP contribution in [-0.4, -0.2) is 15.7 Å². The van der Waals surface area contributed by atoms with E-state index in [1.807, 2.05) is 13.8 Å². The van der Waals surface area contributed by atoms with Crippen LogP contribution >= 0.6 is 15.9 Å². The maximum absolute atomic E-state index is 13.6. The summed E-state index contributed by atoms with van der Waals surface area (Å²) in [6.07, 6.45) is 0. The van der Waals surface area contributed by atoms with Crippen molar-refractivity contribution in [2.75, 3.05) is 5.32 Å². The number of halogens is 2. The van der Waals surface area contributed by atoms with Crippen LogP contribution in [0.3, 0.4) is 0 Å². The van der Waals surface area contributed by atoms with Crippen LogP contribution in [0.15, 0.2) is 39.2 Å². The van der Waals surface area contributed by atoms with Gasteiger partial charge in [0, 0.05) is 5.69 Å². The van der Waals surface area contributed by atoms with E-state index in [9.17, 15) is 9.18 Å². The molecule has 0 spiro atoms. The Hall–Kier alpha value is -2.41. The number of rotatable bonds is 4. The number of hydrogen-bond donors (Lipinski definition) is 1. The minimum atomic E-state index is -0.427. The van der Waals surface area contributed by atoms with Gasteiger partial charge in [-0.05, 0) is 66.5 Å². The number of aromatic nitrogens is 2. The van der Waals surface area contributed by atoms with Gasteiger partial charge in [-0.2, -0.15) is 5.10 Å². The van der Waals surface area contributed by atoms with Crippen molar-refractivity contribution in [1.82, 2.24) is 9.78 Å². The Morgan fingerprint density at radius 3 is 2.68 bits per heavy atom. The Balaban J connectivity index is 1.73. The van der Waals surface area contributed by atoms with Crippen LogP contribution < -0.4 is 5.32 Å². The summed E-state index contributed by atoms with van der Waals surface area (Å²) in [6.45, 7) is 5.95. The highest BCUT2D eigenvalue weighted by Crippen LogP contribution is 2.21. The Morgan fingerprint density at radius 1 is 1.28 bits per heavy atom. The lowest BCUT2D eigenvalue weighted by Gasteiger charge is -2.05. The lowest BCUT2D eigenvalue weighted by atomic mass is 10.2. The Labute approximate surface area is 153 Å². The van der Waals surface area contributed by atoms with E-state index in [1.54, 1.807) is 35.9 Å². The Bertz CT molecular complexity index is 946. The zero-order valence-corrected chi connectivity index (χ0v) is 15.6. The highest BCUT2D eigenvalue weighted by Gasteiger charge is 2.14. The van der Waals surface area contributed by atoms with Crippen molar-refractivity contribution >= 4 is 27.5 Å². The van der Waals surface area contributed by atoms with E-state index < -0.39 is 5.91 Å². The number of anilines is 1. The summed E-state index contributed by atoms with van der Waals surface area (Å²) >= 11 is 3.48. The first-order valence-electron chi connectivity index (χ1n) is 7.71. The highest BCUT2D eigenvalue weighted by atomic mass is 79.9. The molecular weight excluding hydrogens is 389 g/mol. The molecule has 0 fully saturated rings. The minimum absolute atomic E-state index is 0.163. The second-order valence-electron chi connectivity index (χ2n) is 5.83. The molecule has 1 amide bonds. The molecule has 3 aromatic rings. The van der Waals surface area contributed by atoms with Gasteiger partial charge in [0.1, 0.15) is 11.6 Å². The summed E-state index contributed by atoms with van der Waals surface area (Å²) in [7, 11) is 0. The third-order valence-corrected chi connectivity index (χ3v) is 5.06. The largest absolute Gasteiger partial charge is 0.454 e. The van der Waals surface area contributed by atoms with E-state index >= 15 is 0 Å². The van der Waals surface area contributed by atoms with Crippen molar-refractivity contribution < 1.29 is 13.6 Å². The Morgan fingerprint density at radius 2 is 2.04 bits per heavy atom. The number of hydrogen-bond acceptors (Lipinski definition) is 3. The van der Waals surface area contributed by atoms with E-state index in [2.05, 4.69) is 26.3 Å². The van der Waals surface area contributed by atoms with Gasteiger partial charge in [-0.1, -0.05) is 6.07 Å². The first-order valence-corrected chi connectivity index (χ1v) is 8.50. The van der Waals surface area contributed by atoms with Crippen molar-refractivity contribution in [2.24, 2.45) is 0 Å². The van der Waals surface area contributed by atoms with Crippen molar-refractivity contribution in [3.05, 3.63) is 69.1 Å². The zero-order chi connectivity index (χ0) is 18.1. The topological polar surface area (TPSA) is 60.1 Å². The molecule has 0 aliphatic rings. The first kappa shape index (κ1) is 17.4. The van der Waals surface area contributed by atoms with Gasteiger partial charge in [-0.15, -0.1) is 0 Å². The molecule has 7 heteroatoms. The second kappa shape index (κ2) is 6.84. The molecule has 0 aliphatic heterocycles. The SMILES string of the molecule is Cc1ccc(NC(=O)c2ccc(Cn3nc(C)c(Br)c3C)o2)cc1F. The maximum Gasteiger partial charge on any atom is 0.291 e. The predicted molar refractivity (Wildman–Crippen MR) is 96.3 cm³/mol. The zero-order valence-electron chi connectivity index (χ0n) is 14.1. The second-order valence-corrected chi connectivity index (χ2v) is 6.62. The molecule has 1 N–H and O–H groups in total. The molecule has 1 aromatic carbocycles. The fourth-order valence-electron chi connectivity index (χ4n) is 2.42. The highest BCUT2D eigenvalue weighted by molar-refractivity contribution is 9.10. The standard InChI is InChI=1S/C18H17BrFN3O2/c1-10-4-5-13(8-15(10)20)21-18(24)16-7-6-14(25-16)9-23-12(3)17(19)11(2)22-23/h4-8H,9H2,1-3H3,(H,21,24). The minimum Gasteiger partial charge on any atom is -0.454 e. The Kier molecular flexibility index (Phi) is 4.76. The normalized spacial score (nSPS) is 10.9. The monoisotopic (exact) mass is 405 g/mol. The molecule has 0 radical (unpaired) electrons. The molecule has 3 rings (SSSR count). The van der Waals surface area contributed by atoms with Crippen LogP contribution in [0.1, 0.15) is 33.3 Å². The van der Waals surface area contributed by atoms with Gasteiger partial charge in [-0.3, -0.25) is 9.48 Å². The number of benzene rings is 1. The van der Waals surface area contributed by atoms with E-state index in [1.165, 1.54) is 6.07 Å². The number of carbonyl (C=O) groups is 1. The van der Waals surface area contributed by atoms with Gasteiger partial charge >= 0.3 is 0 Å². The number of furan rings is 1. The molecule has 2 heterocycles. The predicted octanol–water partition coefficient (Wildman–Crippen LogP) is 4.60. The molecule has 0 saturated carbocycles. The van der Waals surface area contributed by atoms with E-state index in [0.717, 1.165) is 15.9 Å². The van der Waals surface area contributed by atoms with Gasteiger partial charge in [0.25, 0.3) is 5.91 Å². The van der Waals surface area contributed by atoms with Crippen molar-refractivity contribution in [2.45, 2.75) is 27.3 Å². The number of nitrogens with zero attached hydrogens (tertiary/aromatic N) is 2. The smallest absolute Gasteiger partial charge is 0.291 e. The third-order valence-electron chi connectivity index (χ3n) is 3.91. The van der Waals surface area contributed by atoms with Gasteiger partial charge < -0.3 is 9.73 Å². The van der Waals surface area contributed by atoms with Crippen LogP contribution in [0.5, 0.6) is 0 Å². The van der Waals surface area contributed by atoms with Crippen LogP contribution in [-0.2, 0) is 6.54 Å². The third kappa shape index (κ3) is 3.66. The first-order chi connectivity index (χ1) is 11.8. The number of aryl methyl sites for hydroxylation is 2. The van der Waals surface area contributed by atoms with E-state index in [0.29, 0.717) is 23.6 Å². The van der Waals surface area contributed by atoms with Crippen LogP contribution in [0.4, 0.5) is 10.1 Å². The van der Waals surface area contributed by atoms with Crippen molar-refractivity contribution in [3.63, 3.8) is 0 Å². The number of nitrogens with one attached hydrogen (secondary N) is 1. The summed E-state index contributed by atoms with van der Waals surface area (Å²) in [5, 5.41) is 7.04. The molecular formula is C18H17BrFN3O2. The number of amides is 1. The average molecular weight is 406 g/mol. The molecule has 5 nitrogen and oxygen atoms in total. The quantitative estimate of drug-likeness (QED) is 0.689. The fourth-order valence-corrected chi connectivity index (χ4v) is 2.71. The summed E-state index contributed by atoms with van der Waals surface area (Å²) < 4.78 is 21.9. The van der Waals surface area contributed by atoms with Gasteiger partial charge in [-0.25, -0.2) is 4.39 Å². The van der Waals surface area contributed by atoms with Crippen molar-refractivity contribution in [3.8, 4) is 0 Å². The molecule has 130 valence electrons. The van der Waals surface area contributed by atoms with Gasteiger partial charge in [0.15, 0.2) is 5.76 Å². The van der Waals surface area contributed by atoms with Crippen molar-refractivity contribution in [1.29, 1.82) is 0 Å². The van der Waals surface area contributed by atoms with Crippen LogP contribution in [0.25, 0.3) is 0 Å². The molecule has 0 unspecified atom stereocenters. The maximum atomic E-state index is 13.6. The molecule has 0 saturated heterocycles. The lowest BCUT2D eigenvalue weighted by molar-refractivity contribution is 0.0994. The summed E-state index contributed by atoms with van der Waals surface area (Å²) in [4.78, 5) is 12.2. The van der Waals surface area contributed by atoms with E-state index in [4.69, 9.17) is 4.42 Å². The van der Waals surface area contributed by atoms with Crippen LogP contribution in [0.2, 0.25) is 0 Å². The molecule has 0 atom stereocenters. The molecule has 25 heavy (non-hydrogen) atoms.